The maximum Gasteiger partial charge on any atom is 0.227 e. The number of piperazine rings is 1. The number of phenolic OH excluding ortho intramolecular Hbond substituents is 1. The zero-order chi connectivity index (χ0) is 15.4. The Kier molecular flexibility index (Phi) is 5.23. The molecule has 1 saturated heterocycles. The van der Waals surface area contributed by atoms with Crippen molar-refractivity contribution in [3.63, 3.8) is 0 Å². The molecule has 0 aromatic heterocycles. The Morgan fingerprint density at radius 2 is 2.14 bits per heavy atom. The van der Waals surface area contributed by atoms with Gasteiger partial charge in [0.2, 0.25) is 5.91 Å². The molecule has 1 N–H and O–H groups in total. The van der Waals surface area contributed by atoms with Gasteiger partial charge in [-0.3, -0.25) is 9.69 Å². The predicted molar refractivity (Wildman–Crippen MR) is 84.3 cm³/mol. The number of phenols is 1. The lowest BCUT2D eigenvalue weighted by atomic mass is 10.1. The van der Waals surface area contributed by atoms with Crippen molar-refractivity contribution in [1.29, 1.82) is 0 Å². The number of carbonyl (C=O) groups excluding carboxylic acids is 1. The van der Waals surface area contributed by atoms with E-state index in [4.69, 9.17) is 0 Å². The summed E-state index contributed by atoms with van der Waals surface area (Å²) in [5, 5.41) is 9.48. The highest BCUT2D eigenvalue weighted by Crippen LogP contribution is 2.18. The minimum absolute atomic E-state index is 0.155. The summed E-state index contributed by atoms with van der Waals surface area (Å²) in [5.74, 6) is 0.374. The van der Waals surface area contributed by atoms with Gasteiger partial charge in [0.1, 0.15) is 5.75 Å². The fourth-order valence-electron chi connectivity index (χ4n) is 3.09. The second-order valence-electron chi connectivity index (χ2n) is 6.08. The molecular formula is C17H26N2O2. The molecule has 1 aromatic rings. The van der Waals surface area contributed by atoms with Crippen LogP contribution in [0.5, 0.6) is 5.75 Å². The van der Waals surface area contributed by atoms with E-state index in [9.17, 15) is 9.90 Å². The van der Waals surface area contributed by atoms with Crippen LogP contribution in [0.15, 0.2) is 24.3 Å². The van der Waals surface area contributed by atoms with Gasteiger partial charge in [-0.05, 0) is 38.0 Å². The van der Waals surface area contributed by atoms with Gasteiger partial charge in [-0.2, -0.15) is 0 Å². The molecule has 116 valence electrons. The molecule has 0 aliphatic carbocycles. The van der Waals surface area contributed by atoms with Crippen molar-refractivity contribution in [2.45, 2.75) is 45.7 Å². The third-order valence-electron chi connectivity index (χ3n) is 4.28. The Morgan fingerprint density at radius 1 is 1.38 bits per heavy atom. The molecule has 4 nitrogen and oxygen atoms in total. The van der Waals surface area contributed by atoms with Crippen LogP contribution < -0.4 is 0 Å². The normalized spacial score (nSPS) is 20.0. The number of nitrogens with zero attached hydrogens (tertiary/aromatic N) is 2. The van der Waals surface area contributed by atoms with E-state index >= 15 is 0 Å². The summed E-state index contributed by atoms with van der Waals surface area (Å²) in [6, 6.07) is 7.94. The standard InChI is InChI=1S/C17H26N2O2/c1-4-15-12-18(8-9-19(15)13(2)3)17(21)11-14-6-5-7-16(20)10-14/h5-7,10,13,15,20H,4,8-9,11-12H2,1-3H3/t15-/m1/s1. The third-order valence-corrected chi connectivity index (χ3v) is 4.28. The first-order chi connectivity index (χ1) is 10.0. The molecule has 0 radical (unpaired) electrons. The highest BCUT2D eigenvalue weighted by Gasteiger charge is 2.29. The van der Waals surface area contributed by atoms with Crippen LogP contribution in [0.4, 0.5) is 0 Å². The van der Waals surface area contributed by atoms with Crippen LogP contribution in [-0.2, 0) is 11.2 Å². The molecule has 0 spiro atoms. The number of hydrogen-bond acceptors (Lipinski definition) is 3. The topological polar surface area (TPSA) is 43.8 Å². The molecular weight excluding hydrogens is 264 g/mol. The van der Waals surface area contributed by atoms with Gasteiger partial charge in [0.25, 0.3) is 0 Å². The second-order valence-corrected chi connectivity index (χ2v) is 6.08. The molecule has 1 aliphatic rings. The fraction of sp³-hybridized carbons (Fsp3) is 0.588. The minimum Gasteiger partial charge on any atom is -0.508 e. The van der Waals surface area contributed by atoms with Gasteiger partial charge in [-0.15, -0.1) is 0 Å². The molecule has 4 heteroatoms. The summed E-state index contributed by atoms with van der Waals surface area (Å²) in [6.07, 6.45) is 1.43. The van der Waals surface area contributed by atoms with E-state index in [-0.39, 0.29) is 11.7 Å². The summed E-state index contributed by atoms with van der Waals surface area (Å²) in [5.41, 5.74) is 0.874. The Balaban J connectivity index is 1.98. The second kappa shape index (κ2) is 6.94. The first kappa shape index (κ1) is 15.8. The van der Waals surface area contributed by atoms with Crippen molar-refractivity contribution in [3.05, 3.63) is 29.8 Å². The first-order valence-corrected chi connectivity index (χ1v) is 7.82. The molecule has 2 rings (SSSR count). The maximum atomic E-state index is 12.4. The van der Waals surface area contributed by atoms with Gasteiger partial charge >= 0.3 is 0 Å². The summed E-state index contributed by atoms with van der Waals surface area (Å²) < 4.78 is 0. The fourth-order valence-corrected chi connectivity index (χ4v) is 3.09. The number of aromatic hydroxyl groups is 1. The van der Waals surface area contributed by atoms with Gasteiger partial charge in [-0.25, -0.2) is 0 Å². The lowest BCUT2D eigenvalue weighted by Gasteiger charge is -2.43. The van der Waals surface area contributed by atoms with E-state index in [1.54, 1.807) is 18.2 Å². The molecule has 0 bridgehead atoms. The Labute approximate surface area is 127 Å². The van der Waals surface area contributed by atoms with Gasteiger partial charge in [-0.1, -0.05) is 19.1 Å². The number of benzene rings is 1. The van der Waals surface area contributed by atoms with E-state index in [2.05, 4.69) is 25.7 Å². The molecule has 21 heavy (non-hydrogen) atoms. The van der Waals surface area contributed by atoms with Crippen LogP contribution in [0.2, 0.25) is 0 Å². The quantitative estimate of drug-likeness (QED) is 0.925. The van der Waals surface area contributed by atoms with Crippen molar-refractivity contribution in [2.75, 3.05) is 19.6 Å². The van der Waals surface area contributed by atoms with E-state index in [1.807, 2.05) is 11.0 Å². The third kappa shape index (κ3) is 3.97. The predicted octanol–water partition coefficient (Wildman–Crippen LogP) is 2.27. The van der Waals surface area contributed by atoms with Crippen LogP contribution in [0.1, 0.15) is 32.8 Å². The SMILES string of the molecule is CC[C@@H]1CN(C(=O)Cc2cccc(O)c2)CCN1C(C)C. The monoisotopic (exact) mass is 290 g/mol. The van der Waals surface area contributed by atoms with E-state index in [0.717, 1.165) is 31.6 Å². The number of rotatable bonds is 4. The number of amides is 1. The molecule has 0 unspecified atom stereocenters. The summed E-state index contributed by atoms with van der Waals surface area (Å²) in [7, 11) is 0. The van der Waals surface area contributed by atoms with Gasteiger partial charge < -0.3 is 10.0 Å². The van der Waals surface area contributed by atoms with Gasteiger partial charge in [0.05, 0.1) is 6.42 Å². The zero-order valence-electron chi connectivity index (χ0n) is 13.2. The maximum absolute atomic E-state index is 12.4. The largest absolute Gasteiger partial charge is 0.508 e. The highest BCUT2D eigenvalue weighted by molar-refractivity contribution is 5.79. The zero-order valence-corrected chi connectivity index (χ0v) is 13.2. The Bertz CT molecular complexity index is 487. The van der Waals surface area contributed by atoms with Crippen LogP contribution in [0.25, 0.3) is 0 Å². The molecule has 0 saturated carbocycles. The molecule has 1 atom stereocenters. The van der Waals surface area contributed by atoms with Crippen molar-refractivity contribution < 1.29 is 9.90 Å². The molecule has 1 aliphatic heterocycles. The Hall–Kier alpha value is -1.55. The average Bonchev–Trinajstić information content (AvgIpc) is 2.46. The number of hydrogen-bond donors (Lipinski definition) is 1. The van der Waals surface area contributed by atoms with Crippen LogP contribution in [0.3, 0.4) is 0 Å². The van der Waals surface area contributed by atoms with E-state index < -0.39 is 0 Å². The van der Waals surface area contributed by atoms with Crippen molar-refractivity contribution >= 4 is 5.91 Å². The average molecular weight is 290 g/mol. The van der Waals surface area contributed by atoms with Crippen LogP contribution in [0, 0.1) is 0 Å². The van der Waals surface area contributed by atoms with Crippen LogP contribution in [-0.4, -0.2) is 52.5 Å². The lowest BCUT2D eigenvalue weighted by molar-refractivity contribution is -0.134. The number of carbonyl (C=O) groups is 1. The summed E-state index contributed by atoms with van der Waals surface area (Å²) in [4.78, 5) is 16.9. The molecule has 1 amide bonds. The minimum atomic E-state index is 0.155. The van der Waals surface area contributed by atoms with Gasteiger partial charge in [0, 0.05) is 31.7 Å². The summed E-state index contributed by atoms with van der Waals surface area (Å²) >= 11 is 0. The molecule has 1 heterocycles. The summed E-state index contributed by atoms with van der Waals surface area (Å²) in [6.45, 7) is 9.17. The smallest absolute Gasteiger partial charge is 0.227 e. The van der Waals surface area contributed by atoms with Crippen molar-refractivity contribution in [3.8, 4) is 5.75 Å². The first-order valence-electron chi connectivity index (χ1n) is 7.82. The van der Waals surface area contributed by atoms with Crippen LogP contribution >= 0.6 is 0 Å². The van der Waals surface area contributed by atoms with Crippen molar-refractivity contribution in [2.24, 2.45) is 0 Å². The highest BCUT2D eigenvalue weighted by atomic mass is 16.3. The molecule has 1 fully saturated rings. The van der Waals surface area contributed by atoms with E-state index in [0.29, 0.717) is 18.5 Å². The van der Waals surface area contributed by atoms with Gasteiger partial charge in [0.15, 0.2) is 0 Å². The Morgan fingerprint density at radius 3 is 2.76 bits per heavy atom. The molecule has 1 aromatic carbocycles. The van der Waals surface area contributed by atoms with E-state index in [1.165, 1.54) is 0 Å². The van der Waals surface area contributed by atoms with Crippen molar-refractivity contribution in [1.82, 2.24) is 9.80 Å². The lowest BCUT2D eigenvalue weighted by Crippen LogP contribution is -2.56.